The predicted molar refractivity (Wildman–Crippen MR) is 135 cm³/mol. The smallest absolute Gasteiger partial charge is 0.274 e. The molecule has 1 aromatic rings. The third-order valence-electron chi connectivity index (χ3n) is 9.86. The van der Waals surface area contributed by atoms with Gasteiger partial charge in [-0.3, -0.25) is 24.5 Å². The van der Waals surface area contributed by atoms with Gasteiger partial charge in [-0.25, -0.2) is 4.39 Å². The Morgan fingerprint density at radius 2 is 1.95 bits per heavy atom. The second-order valence-corrected chi connectivity index (χ2v) is 11.8. The van der Waals surface area contributed by atoms with Crippen LogP contribution in [0.5, 0.6) is 0 Å². The number of fused-ring (bicyclic) bond motifs is 5. The Labute approximate surface area is 220 Å². The Morgan fingerprint density at radius 3 is 2.66 bits per heavy atom. The number of benzene rings is 1. The number of aliphatic hydroxyl groups is 1. The molecule has 0 heterocycles. The molecule has 0 radical (unpaired) electrons. The Balaban J connectivity index is 1.40. The molecule has 8 nitrogen and oxygen atoms in total. The van der Waals surface area contributed by atoms with E-state index in [1.165, 1.54) is 24.3 Å². The summed E-state index contributed by atoms with van der Waals surface area (Å²) in [7, 11) is 0. The summed E-state index contributed by atoms with van der Waals surface area (Å²) in [4.78, 5) is 49.9. The standard InChI is InChI=1S/C29H32FNO7/c1-16-10-19-21-12-24(30)29(35,25(34)15-38-14-17-6-4-5-7-22(17)31(36)37)28(21,3)13-23(33)26(19)27(2)9-8-18(32)11-20(16)27/h4-9,11,16,19,21,24,26,35H,10,12-15H2,1-3H3/t16?,19-,21-,24?,26+,27-,28-,29-/m0/s1. The van der Waals surface area contributed by atoms with Crippen LogP contribution in [-0.4, -0.2) is 45.8 Å². The Morgan fingerprint density at radius 1 is 1.24 bits per heavy atom. The summed E-state index contributed by atoms with van der Waals surface area (Å²) in [6.45, 7) is 4.68. The van der Waals surface area contributed by atoms with E-state index in [-0.39, 0.29) is 54.1 Å². The third kappa shape index (κ3) is 3.66. The number of alkyl halides is 1. The van der Waals surface area contributed by atoms with Gasteiger partial charge in [0, 0.05) is 29.2 Å². The first kappa shape index (κ1) is 26.6. The molecule has 0 bridgehead atoms. The van der Waals surface area contributed by atoms with Crippen molar-refractivity contribution in [2.45, 2.75) is 58.4 Å². The van der Waals surface area contributed by atoms with E-state index in [0.717, 1.165) is 5.57 Å². The summed E-state index contributed by atoms with van der Waals surface area (Å²) in [6, 6.07) is 5.95. The normalized spacial score (nSPS) is 39.7. The van der Waals surface area contributed by atoms with E-state index in [0.29, 0.717) is 6.42 Å². The van der Waals surface area contributed by atoms with Crippen molar-refractivity contribution in [3.63, 3.8) is 0 Å². The Bertz CT molecular complexity index is 1290. The Hall–Kier alpha value is -3.04. The lowest BCUT2D eigenvalue weighted by Crippen LogP contribution is -2.63. The maximum atomic E-state index is 15.8. The minimum Gasteiger partial charge on any atom is -0.378 e. The van der Waals surface area contributed by atoms with Crippen molar-refractivity contribution in [2.24, 2.45) is 34.5 Å². The number of nitro benzene ring substituents is 1. The van der Waals surface area contributed by atoms with Crippen LogP contribution in [0.3, 0.4) is 0 Å². The maximum absolute atomic E-state index is 15.8. The fraction of sp³-hybridized carbons (Fsp3) is 0.552. The van der Waals surface area contributed by atoms with Crippen LogP contribution < -0.4 is 0 Å². The summed E-state index contributed by atoms with van der Waals surface area (Å²) in [5.74, 6) is -2.28. The van der Waals surface area contributed by atoms with Crippen LogP contribution in [-0.2, 0) is 25.7 Å². The number of ether oxygens (including phenoxy) is 1. The molecule has 38 heavy (non-hydrogen) atoms. The monoisotopic (exact) mass is 525 g/mol. The largest absolute Gasteiger partial charge is 0.378 e. The molecular weight excluding hydrogens is 493 g/mol. The number of allylic oxidation sites excluding steroid dienone is 4. The van der Waals surface area contributed by atoms with Crippen LogP contribution in [0.2, 0.25) is 0 Å². The molecule has 0 spiro atoms. The molecule has 2 unspecified atom stereocenters. The van der Waals surface area contributed by atoms with E-state index in [1.807, 2.05) is 13.8 Å². The number of hydrogen-bond acceptors (Lipinski definition) is 7. The van der Waals surface area contributed by atoms with Crippen LogP contribution in [0.4, 0.5) is 10.1 Å². The first-order chi connectivity index (χ1) is 17.8. The topological polar surface area (TPSA) is 124 Å². The highest BCUT2D eigenvalue weighted by Crippen LogP contribution is 2.67. The highest BCUT2D eigenvalue weighted by atomic mass is 19.1. The van der Waals surface area contributed by atoms with Crippen LogP contribution >= 0.6 is 0 Å². The van der Waals surface area contributed by atoms with Crippen LogP contribution in [0.25, 0.3) is 0 Å². The number of carbonyl (C=O) groups is 3. The van der Waals surface area contributed by atoms with Gasteiger partial charge >= 0.3 is 0 Å². The van der Waals surface area contributed by atoms with Gasteiger partial charge in [-0.05, 0) is 48.8 Å². The summed E-state index contributed by atoms with van der Waals surface area (Å²) < 4.78 is 21.2. The van der Waals surface area contributed by atoms with Crippen LogP contribution in [0.15, 0.2) is 48.1 Å². The first-order valence-corrected chi connectivity index (χ1v) is 13.0. The number of nitro groups is 1. The van der Waals surface area contributed by atoms with Crippen molar-refractivity contribution in [2.75, 3.05) is 6.61 Å². The Kier molecular flexibility index (Phi) is 6.30. The molecule has 0 saturated heterocycles. The van der Waals surface area contributed by atoms with Crippen molar-refractivity contribution in [1.82, 2.24) is 0 Å². The zero-order valence-electron chi connectivity index (χ0n) is 21.7. The van der Waals surface area contributed by atoms with Gasteiger partial charge in [0.2, 0.25) is 0 Å². The lowest BCUT2D eigenvalue weighted by molar-refractivity contribution is -0.385. The SMILES string of the molecule is CC1C[C@@H]2[C@H](C(=O)C[C@@]3(C)[C@H]2CC(F)[C@]3(O)C(=O)COCc2ccccc2[N+](=O)[O-])[C@@]2(C)C=CC(=O)C=C12. The number of carbonyl (C=O) groups excluding carboxylic acids is 3. The summed E-state index contributed by atoms with van der Waals surface area (Å²) >= 11 is 0. The van der Waals surface area contributed by atoms with Crippen molar-refractivity contribution in [3.8, 4) is 0 Å². The first-order valence-electron chi connectivity index (χ1n) is 13.0. The number of ketones is 3. The van der Waals surface area contributed by atoms with Gasteiger partial charge < -0.3 is 9.84 Å². The van der Waals surface area contributed by atoms with E-state index in [2.05, 4.69) is 0 Å². The molecule has 8 atom stereocenters. The van der Waals surface area contributed by atoms with Gasteiger partial charge in [-0.15, -0.1) is 0 Å². The minimum absolute atomic E-state index is 0.0160. The fourth-order valence-electron chi connectivity index (χ4n) is 8.10. The number of nitrogens with zero attached hydrogens (tertiary/aromatic N) is 1. The molecule has 9 heteroatoms. The number of para-hydroxylation sites is 1. The molecule has 0 amide bonds. The molecule has 0 aliphatic heterocycles. The van der Waals surface area contributed by atoms with Crippen LogP contribution in [0.1, 0.15) is 45.6 Å². The molecule has 0 aromatic heterocycles. The molecule has 202 valence electrons. The fourth-order valence-corrected chi connectivity index (χ4v) is 8.10. The molecule has 4 aliphatic carbocycles. The zero-order chi connectivity index (χ0) is 27.6. The second kappa shape index (κ2) is 9.02. The highest BCUT2D eigenvalue weighted by Gasteiger charge is 2.72. The molecular formula is C29H32FNO7. The van der Waals surface area contributed by atoms with Crippen molar-refractivity contribution < 1.29 is 33.5 Å². The highest BCUT2D eigenvalue weighted by molar-refractivity contribution is 6.02. The second-order valence-electron chi connectivity index (χ2n) is 11.8. The number of Topliss-reactive ketones (excluding diaryl/α,β-unsaturated/α-hetero) is 2. The van der Waals surface area contributed by atoms with Gasteiger partial charge in [-0.1, -0.05) is 44.6 Å². The van der Waals surface area contributed by atoms with E-state index in [4.69, 9.17) is 4.74 Å². The lowest BCUT2D eigenvalue weighted by Gasteiger charge is -2.58. The number of halogens is 1. The van der Waals surface area contributed by atoms with Gasteiger partial charge in [-0.2, -0.15) is 0 Å². The van der Waals surface area contributed by atoms with E-state index in [1.54, 1.807) is 25.1 Å². The molecule has 4 aliphatic rings. The van der Waals surface area contributed by atoms with Gasteiger partial charge in [0.15, 0.2) is 17.2 Å². The molecule has 3 saturated carbocycles. The molecule has 1 aromatic carbocycles. The number of hydrogen-bond donors (Lipinski definition) is 1. The van der Waals surface area contributed by atoms with E-state index in [9.17, 15) is 29.6 Å². The van der Waals surface area contributed by atoms with Crippen molar-refractivity contribution in [3.05, 3.63) is 63.7 Å². The molecule has 3 fully saturated rings. The summed E-state index contributed by atoms with van der Waals surface area (Å²) in [6.07, 6.45) is 3.36. The molecule has 5 rings (SSSR count). The van der Waals surface area contributed by atoms with E-state index < -0.39 is 51.8 Å². The van der Waals surface area contributed by atoms with Gasteiger partial charge in [0.25, 0.3) is 5.69 Å². The molecule has 1 N–H and O–H groups in total. The summed E-state index contributed by atoms with van der Waals surface area (Å²) in [5, 5.41) is 22.9. The zero-order valence-corrected chi connectivity index (χ0v) is 21.7. The van der Waals surface area contributed by atoms with Gasteiger partial charge in [0.05, 0.1) is 17.1 Å². The maximum Gasteiger partial charge on any atom is 0.274 e. The predicted octanol–water partition coefficient (Wildman–Crippen LogP) is 4.09. The minimum atomic E-state index is -2.42. The average Bonchev–Trinajstić information content (AvgIpc) is 3.06. The van der Waals surface area contributed by atoms with Crippen LogP contribution in [0, 0.1) is 44.6 Å². The summed E-state index contributed by atoms with van der Waals surface area (Å²) in [5.41, 5.74) is -3.40. The average molecular weight is 526 g/mol. The van der Waals surface area contributed by atoms with Gasteiger partial charge in [0.1, 0.15) is 18.6 Å². The third-order valence-corrected chi connectivity index (χ3v) is 9.86. The van der Waals surface area contributed by atoms with E-state index >= 15 is 4.39 Å². The quantitative estimate of drug-likeness (QED) is 0.438. The number of rotatable bonds is 6. The van der Waals surface area contributed by atoms with Crippen molar-refractivity contribution in [1.29, 1.82) is 0 Å². The van der Waals surface area contributed by atoms with Crippen molar-refractivity contribution >= 4 is 23.0 Å². The lowest BCUT2D eigenvalue weighted by atomic mass is 9.45.